The zero-order valence-electron chi connectivity index (χ0n) is 11.9. The van der Waals surface area contributed by atoms with Crippen LogP contribution in [0.5, 0.6) is 0 Å². The lowest BCUT2D eigenvalue weighted by atomic mass is 9.99. The molecule has 1 aliphatic carbocycles. The van der Waals surface area contributed by atoms with Crippen LogP contribution < -0.4 is 4.90 Å². The number of amides is 1. The van der Waals surface area contributed by atoms with Crippen LogP contribution >= 0.6 is 11.3 Å². The normalized spacial score (nSPS) is 13.3. The molecule has 0 aliphatic heterocycles. The summed E-state index contributed by atoms with van der Waals surface area (Å²) >= 11 is 1.63. The van der Waals surface area contributed by atoms with Crippen LogP contribution in [0.1, 0.15) is 38.5 Å². The molecule has 1 amide bonds. The van der Waals surface area contributed by atoms with Gasteiger partial charge in [-0.3, -0.25) is 4.79 Å². The SMILES string of the molecule is CN(C(=O)c1cc2c(s1)CCCC2)c1ccc(C#N)cc1. The first-order valence-corrected chi connectivity index (χ1v) is 7.90. The van der Waals surface area contributed by atoms with Gasteiger partial charge in [0, 0.05) is 17.6 Å². The van der Waals surface area contributed by atoms with Crippen LogP contribution in [0.2, 0.25) is 0 Å². The number of benzene rings is 1. The summed E-state index contributed by atoms with van der Waals surface area (Å²) in [5.74, 6) is 0.0270. The Morgan fingerprint density at radius 3 is 2.62 bits per heavy atom. The van der Waals surface area contributed by atoms with Gasteiger partial charge in [-0.15, -0.1) is 11.3 Å². The maximum atomic E-state index is 12.6. The zero-order valence-corrected chi connectivity index (χ0v) is 12.7. The molecule has 4 heteroatoms. The molecule has 21 heavy (non-hydrogen) atoms. The van der Waals surface area contributed by atoms with Gasteiger partial charge in [0.25, 0.3) is 5.91 Å². The Hall–Kier alpha value is -2.12. The molecule has 0 radical (unpaired) electrons. The van der Waals surface area contributed by atoms with E-state index in [2.05, 4.69) is 12.1 Å². The molecule has 1 heterocycles. The van der Waals surface area contributed by atoms with Crippen molar-refractivity contribution in [2.75, 3.05) is 11.9 Å². The van der Waals surface area contributed by atoms with Crippen LogP contribution in [0.3, 0.4) is 0 Å². The van der Waals surface area contributed by atoms with E-state index in [1.54, 1.807) is 35.4 Å². The Labute approximate surface area is 128 Å². The summed E-state index contributed by atoms with van der Waals surface area (Å²) < 4.78 is 0. The highest BCUT2D eigenvalue weighted by Gasteiger charge is 2.20. The summed E-state index contributed by atoms with van der Waals surface area (Å²) in [5.41, 5.74) is 2.76. The minimum absolute atomic E-state index is 0.0270. The van der Waals surface area contributed by atoms with Gasteiger partial charge in [-0.25, -0.2) is 0 Å². The molecule has 0 fully saturated rings. The quantitative estimate of drug-likeness (QED) is 0.846. The number of nitriles is 1. The minimum atomic E-state index is 0.0270. The average molecular weight is 296 g/mol. The standard InChI is InChI=1S/C17H16N2OS/c1-19(14-8-6-12(11-18)7-9-14)17(20)16-10-13-4-2-3-5-15(13)21-16/h6-10H,2-5H2,1H3. The summed E-state index contributed by atoms with van der Waals surface area (Å²) in [7, 11) is 1.78. The molecule has 0 bridgehead atoms. The lowest BCUT2D eigenvalue weighted by molar-refractivity contribution is 0.0997. The number of anilines is 1. The Morgan fingerprint density at radius 2 is 1.95 bits per heavy atom. The van der Waals surface area contributed by atoms with Gasteiger partial charge in [0.15, 0.2) is 0 Å². The fourth-order valence-corrected chi connectivity index (χ4v) is 3.87. The van der Waals surface area contributed by atoms with Crippen LogP contribution in [-0.4, -0.2) is 13.0 Å². The van der Waals surface area contributed by atoms with Crippen molar-refractivity contribution in [2.45, 2.75) is 25.7 Å². The Kier molecular flexibility index (Phi) is 3.76. The fourth-order valence-electron chi connectivity index (χ4n) is 2.64. The Morgan fingerprint density at radius 1 is 1.24 bits per heavy atom. The van der Waals surface area contributed by atoms with Crippen molar-refractivity contribution in [3.8, 4) is 6.07 Å². The molecule has 106 valence electrons. The van der Waals surface area contributed by atoms with Crippen LogP contribution in [0, 0.1) is 11.3 Å². The summed E-state index contributed by atoms with van der Waals surface area (Å²) in [6.45, 7) is 0. The second kappa shape index (κ2) is 5.71. The minimum Gasteiger partial charge on any atom is -0.311 e. The van der Waals surface area contributed by atoms with Gasteiger partial charge in [-0.1, -0.05) is 0 Å². The molecule has 3 nitrogen and oxygen atoms in total. The summed E-state index contributed by atoms with van der Waals surface area (Å²) in [6.07, 6.45) is 4.66. The number of nitrogens with zero attached hydrogens (tertiary/aromatic N) is 2. The number of hydrogen-bond donors (Lipinski definition) is 0. The summed E-state index contributed by atoms with van der Waals surface area (Å²) in [5, 5.41) is 8.82. The first-order valence-electron chi connectivity index (χ1n) is 7.09. The van der Waals surface area contributed by atoms with E-state index in [9.17, 15) is 4.79 Å². The average Bonchev–Trinajstić information content (AvgIpc) is 2.97. The first kappa shape index (κ1) is 13.8. The predicted octanol–water partition coefficient (Wildman–Crippen LogP) is 3.78. The molecule has 0 saturated carbocycles. The van der Waals surface area contributed by atoms with E-state index in [0.29, 0.717) is 5.56 Å². The van der Waals surface area contributed by atoms with E-state index in [1.807, 2.05) is 12.1 Å². The molecule has 0 atom stereocenters. The predicted molar refractivity (Wildman–Crippen MR) is 84.9 cm³/mol. The number of rotatable bonds is 2. The molecule has 0 N–H and O–H groups in total. The van der Waals surface area contributed by atoms with Gasteiger partial charge in [0.05, 0.1) is 16.5 Å². The molecule has 0 unspecified atom stereocenters. The number of carbonyl (C=O) groups is 1. The number of carbonyl (C=O) groups excluding carboxylic acids is 1. The van der Waals surface area contributed by atoms with Gasteiger partial charge < -0.3 is 4.90 Å². The largest absolute Gasteiger partial charge is 0.311 e. The zero-order chi connectivity index (χ0) is 14.8. The van der Waals surface area contributed by atoms with Gasteiger partial charge in [-0.2, -0.15) is 5.26 Å². The van der Waals surface area contributed by atoms with Crippen molar-refractivity contribution >= 4 is 22.9 Å². The lowest BCUT2D eigenvalue weighted by Gasteiger charge is -2.16. The van der Waals surface area contributed by atoms with Gasteiger partial charge in [-0.05, 0) is 61.6 Å². The van der Waals surface area contributed by atoms with Crippen LogP contribution in [0.4, 0.5) is 5.69 Å². The van der Waals surface area contributed by atoms with Crippen molar-refractivity contribution in [1.82, 2.24) is 0 Å². The number of thiophene rings is 1. The third-order valence-corrected chi connectivity index (χ3v) is 5.12. The molecular weight excluding hydrogens is 280 g/mol. The van der Waals surface area contributed by atoms with E-state index in [-0.39, 0.29) is 5.91 Å². The topological polar surface area (TPSA) is 44.1 Å². The van der Waals surface area contributed by atoms with E-state index in [4.69, 9.17) is 5.26 Å². The van der Waals surface area contributed by atoms with Crippen LogP contribution in [-0.2, 0) is 12.8 Å². The third kappa shape index (κ3) is 2.70. The van der Waals surface area contributed by atoms with Crippen molar-refractivity contribution in [3.05, 3.63) is 51.2 Å². The van der Waals surface area contributed by atoms with E-state index < -0.39 is 0 Å². The number of hydrogen-bond acceptors (Lipinski definition) is 3. The molecule has 0 spiro atoms. The number of fused-ring (bicyclic) bond motifs is 1. The monoisotopic (exact) mass is 296 g/mol. The smallest absolute Gasteiger partial charge is 0.268 e. The molecule has 1 aromatic carbocycles. The highest BCUT2D eigenvalue weighted by atomic mass is 32.1. The Bertz CT molecular complexity index is 686. The summed E-state index contributed by atoms with van der Waals surface area (Å²) in [6, 6.07) is 11.2. The maximum absolute atomic E-state index is 12.6. The van der Waals surface area contributed by atoms with Gasteiger partial charge in [0.1, 0.15) is 0 Å². The molecule has 3 rings (SSSR count). The van der Waals surface area contributed by atoms with E-state index in [1.165, 1.54) is 23.3 Å². The van der Waals surface area contributed by atoms with Crippen LogP contribution in [0.25, 0.3) is 0 Å². The number of aryl methyl sites for hydroxylation is 2. The molecule has 1 aromatic heterocycles. The van der Waals surface area contributed by atoms with Crippen molar-refractivity contribution < 1.29 is 4.79 Å². The van der Waals surface area contributed by atoms with Crippen molar-refractivity contribution in [3.63, 3.8) is 0 Å². The molecule has 0 saturated heterocycles. The first-order chi connectivity index (χ1) is 10.2. The van der Waals surface area contributed by atoms with Gasteiger partial charge in [0.2, 0.25) is 0 Å². The summed E-state index contributed by atoms with van der Waals surface area (Å²) in [4.78, 5) is 16.4. The molecule has 2 aromatic rings. The van der Waals surface area contributed by atoms with E-state index in [0.717, 1.165) is 23.4 Å². The maximum Gasteiger partial charge on any atom is 0.268 e. The Balaban J connectivity index is 1.83. The van der Waals surface area contributed by atoms with E-state index >= 15 is 0 Å². The van der Waals surface area contributed by atoms with Crippen molar-refractivity contribution in [1.29, 1.82) is 5.26 Å². The third-order valence-electron chi connectivity index (χ3n) is 3.90. The van der Waals surface area contributed by atoms with Gasteiger partial charge >= 0.3 is 0 Å². The lowest BCUT2D eigenvalue weighted by Crippen LogP contribution is -2.25. The van der Waals surface area contributed by atoms with Crippen molar-refractivity contribution in [2.24, 2.45) is 0 Å². The van der Waals surface area contributed by atoms with Crippen LogP contribution in [0.15, 0.2) is 30.3 Å². The molecule has 1 aliphatic rings. The highest BCUT2D eigenvalue weighted by Crippen LogP contribution is 2.31. The molecular formula is C17H16N2OS. The fraction of sp³-hybridized carbons (Fsp3) is 0.294. The second-order valence-corrected chi connectivity index (χ2v) is 6.43. The second-order valence-electron chi connectivity index (χ2n) is 5.29. The highest BCUT2D eigenvalue weighted by molar-refractivity contribution is 7.14.